The molecular weight excluding hydrogens is 256 g/mol. The molecule has 1 amide bonds. The molecule has 2 saturated carbocycles. The second-order valence-corrected chi connectivity index (χ2v) is 7.32. The summed E-state index contributed by atoms with van der Waals surface area (Å²) in [6, 6.07) is 3.71. The number of thiophene rings is 1. The minimum absolute atomic E-state index is 0.0859. The van der Waals surface area contributed by atoms with E-state index in [0.717, 1.165) is 17.2 Å². The largest absolute Gasteiger partial charge is 0.281 e. The van der Waals surface area contributed by atoms with Gasteiger partial charge in [-0.25, -0.2) is 5.43 Å². The highest BCUT2D eigenvalue weighted by Crippen LogP contribution is 2.57. The summed E-state index contributed by atoms with van der Waals surface area (Å²) in [5.41, 5.74) is 4.33. The number of nitrogens with one attached hydrogen (secondary N) is 1. The summed E-state index contributed by atoms with van der Waals surface area (Å²) in [6.45, 7) is 7.05. The molecule has 2 fully saturated rings. The third kappa shape index (κ3) is 2.02. The van der Waals surface area contributed by atoms with Gasteiger partial charge in [-0.05, 0) is 41.5 Å². The third-order valence-corrected chi connectivity index (χ3v) is 6.17. The third-order valence-electron chi connectivity index (χ3n) is 5.30. The van der Waals surface area contributed by atoms with Gasteiger partial charge in [0.25, 0.3) is 5.91 Å². The molecule has 0 radical (unpaired) electrons. The fraction of sp³-hybridized carbons (Fsp3) is 0.600. The van der Waals surface area contributed by atoms with Gasteiger partial charge in [0.05, 0.1) is 4.88 Å². The molecule has 1 aromatic rings. The van der Waals surface area contributed by atoms with Gasteiger partial charge >= 0.3 is 0 Å². The van der Waals surface area contributed by atoms with Crippen LogP contribution in [0.15, 0.2) is 22.6 Å². The molecule has 3 atom stereocenters. The Hall–Kier alpha value is -1.16. The normalized spacial score (nSPS) is 33.8. The average molecular weight is 276 g/mol. The molecule has 0 aromatic carbocycles. The van der Waals surface area contributed by atoms with Crippen LogP contribution < -0.4 is 5.43 Å². The Bertz CT molecular complexity index is 514. The van der Waals surface area contributed by atoms with Gasteiger partial charge in [-0.1, -0.05) is 26.8 Å². The zero-order chi connectivity index (χ0) is 13.6. The lowest BCUT2D eigenvalue weighted by Gasteiger charge is -2.36. The van der Waals surface area contributed by atoms with Crippen molar-refractivity contribution in [3.8, 4) is 0 Å². The van der Waals surface area contributed by atoms with Crippen LogP contribution in [0.25, 0.3) is 0 Å². The van der Waals surface area contributed by atoms with E-state index >= 15 is 0 Å². The lowest BCUT2D eigenvalue weighted by Crippen LogP contribution is -2.34. The summed E-state index contributed by atoms with van der Waals surface area (Å²) in [5.74, 6) is 1.86. The molecule has 2 aliphatic rings. The highest BCUT2D eigenvalue weighted by Gasteiger charge is 2.53. The first-order valence-electron chi connectivity index (χ1n) is 6.90. The van der Waals surface area contributed by atoms with E-state index in [-0.39, 0.29) is 5.91 Å². The molecule has 1 aromatic heterocycles. The number of carbonyl (C=O) groups is 1. The molecule has 3 unspecified atom stereocenters. The maximum atomic E-state index is 11.9. The van der Waals surface area contributed by atoms with Crippen molar-refractivity contribution in [2.45, 2.75) is 33.6 Å². The van der Waals surface area contributed by atoms with Crippen LogP contribution in [-0.2, 0) is 0 Å². The maximum absolute atomic E-state index is 11.9. The summed E-state index contributed by atoms with van der Waals surface area (Å²) in [7, 11) is 0. The van der Waals surface area contributed by atoms with Crippen LogP contribution in [0.4, 0.5) is 0 Å². The van der Waals surface area contributed by atoms with Gasteiger partial charge in [-0.15, -0.1) is 11.3 Å². The molecule has 0 spiro atoms. The number of carbonyl (C=O) groups excluding carboxylic acids is 1. The molecule has 3 nitrogen and oxygen atoms in total. The number of hydrazone groups is 1. The average Bonchev–Trinajstić information content (AvgIpc) is 3.06. The molecule has 3 rings (SSSR count). The maximum Gasteiger partial charge on any atom is 0.281 e. The monoisotopic (exact) mass is 276 g/mol. The van der Waals surface area contributed by atoms with Gasteiger partial charge in [0, 0.05) is 11.6 Å². The smallest absolute Gasteiger partial charge is 0.266 e. The standard InChI is InChI=1S/C15H20N2OS/c1-9-11-7-10(15(9,2)3)8-12(11)16-17-14(18)13-5-4-6-19-13/h4-6,9-11H,7-8H2,1-3H3,(H,17,18). The molecule has 102 valence electrons. The Labute approximate surface area is 118 Å². The van der Waals surface area contributed by atoms with E-state index in [1.54, 1.807) is 0 Å². The Morgan fingerprint density at radius 2 is 2.32 bits per heavy atom. The molecule has 4 heteroatoms. The van der Waals surface area contributed by atoms with Crippen LogP contribution in [0.3, 0.4) is 0 Å². The number of hydrogen-bond donors (Lipinski definition) is 1. The van der Waals surface area contributed by atoms with E-state index in [9.17, 15) is 4.79 Å². The zero-order valence-electron chi connectivity index (χ0n) is 11.6. The molecular formula is C15H20N2OS. The van der Waals surface area contributed by atoms with E-state index in [4.69, 9.17) is 0 Å². The molecule has 0 aliphatic heterocycles. The molecule has 2 bridgehead atoms. The molecule has 1 heterocycles. The van der Waals surface area contributed by atoms with Gasteiger partial charge < -0.3 is 0 Å². The highest BCUT2D eigenvalue weighted by molar-refractivity contribution is 7.12. The first kappa shape index (κ1) is 12.9. The fourth-order valence-electron chi connectivity index (χ4n) is 3.59. The quantitative estimate of drug-likeness (QED) is 0.825. The van der Waals surface area contributed by atoms with E-state index in [0.29, 0.717) is 17.3 Å². The lowest BCUT2D eigenvalue weighted by atomic mass is 9.69. The van der Waals surface area contributed by atoms with E-state index in [1.165, 1.54) is 23.5 Å². The van der Waals surface area contributed by atoms with Gasteiger partial charge in [-0.2, -0.15) is 5.10 Å². The minimum atomic E-state index is -0.0859. The van der Waals surface area contributed by atoms with Crippen molar-refractivity contribution in [1.29, 1.82) is 0 Å². The van der Waals surface area contributed by atoms with Crippen molar-refractivity contribution in [3.63, 3.8) is 0 Å². The molecule has 1 N–H and O–H groups in total. The van der Waals surface area contributed by atoms with Gasteiger partial charge in [0.1, 0.15) is 0 Å². The molecule has 2 aliphatic carbocycles. The van der Waals surface area contributed by atoms with Gasteiger partial charge in [-0.3, -0.25) is 4.79 Å². The summed E-state index contributed by atoms with van der Waals surface area (Å²) in [4.78, 5) is 12.6. The second kappa shape index (κ2) is 4.44. The van der Waals surface area contributed by atoms with Crippen molar-refractivity contribution in [1.82, 2.24) is 5.43 Å². The highest BCUT2D eigenvalue weighted by atomic mass is 32.1. The van der Waals surface area contributed by atoms with Crippen molar-refractivity contribution < 1.29 is 4.79 Å². The minimum Gasteiger partial charge on any atom is -0.266 e. The SMILES string of the molecule is CC1C2CC(CC2=NNC(=O)c2cccs2)C1(C)C. The topological polar surface area (TPSA) is 41.5 Å². The van der Waals surface area contributed by atoms with Crippen LogP contribution in [0.5, 0.6) is 0 Å². The van der Waals surface area contributed by atoms with Gasteiger partial charge in [0.15, 0.2) is 0 Å². The predicted molar refractivity (Wildman–Crippen MR) is 78.4 cm³/mol. The van der Waals surface area contributed by atoms with Crippen molar-refractivity contribution in [2.75, 3.05) is 0 Å². The van der Waals surface area contributed by atoms with Crippen LogP contribution in [-0.4, -0.2) is 11.6 Å². The van der Waals surface area contributed by atoms with E-state index in [2.05, 4.69) is 31.3 Å². The fourth-order valence-corrected chi connectivity index (χ4v) is 4.21. The van der Waals surface area contributed by atoms with Crippen molar-refractivity contribution >= 4 is 23.0 Å². The number of rotatable bonds is 2. The van der Waals surface area contributed by atoms with E-state index < -0.39 is 0 Å². The van der Waals surface area contributed by atoms with Crippen molar-refractivity contribution in [3.05, 3.63) is 22.4 Å². The number of nitrogens with zero attached hydrogens (tertiary/aromatic N) is 1. The Morgan fingerprint density at radius 3 is 2.89 bits per heavy atom. The second-order valence-electron chi connectivity index (χ2n) is 6.37. The van der Waals surface area contributed by atoms with Crippen LogP contribution in [0.2, 0.25) is 0 Å². The summed E-state index contributed by atoms with van der Waals surface area (Å²) < 4.78 is 0. The van der Waals surface area contributed by atoms with Crippen molar-refractivity contribution in [2.24, 2.45) is 28.3 Å². The van der Waals surface area contributed by atoms with Crippen LogP contribution in [0.1, 0.15) is 43.3 Å². The predicted octanol–water partition coefficient (Wildman–Crippen LogP) is 3.54. The number of hydrogen-bond acceptors (Lipinski definition) is 3. The number of amides is 1. The first-order valence-corrected chi connectivity index (χ1v) is 7.78. The van der Waals surface area contributed by atoms with E-state index in [1.807, 2.05) is 17.5 Å². The summed E-state index contributed by atoms with van der Waals surface area (Å²) in [5, 5.41) is 6.31. The molecule has 19 heavy (non-hydrogen) atoms. The Kier molecular flexibility index (Phi) is 3.01. The molecule has 0 saturated heterocycles. The Morgan fingerprint density at radius 1 is 1.53 bits per heavy atom. The number of fused-ring (bicyclic) bond motifs is 2. The van der Waals surface area contributed by atoms with Crippen LogP contribution >= 0.6 is 11.3 Å². The first-order chi connectivity index (χ1) is 9.00. The summed E-state index contributed by atoms with van der Waals surface area (Å²) >= 11 is 1.45. The lowest BCUT2D eigenvalue weighted by molar-refractivity contribution is 0.0958. The Balaban J connectivity index is 1.69. The van der Waals surface area contributed by atoms with Gasteiger partial charge in [0.2, 0.25) is 0 Å². The van der Waals surface area contributed by atoms with Crippen LogP contribution in [0, 0.1) is 23.2 Å². The zero-order valence-corrected chi connectivity index (χ0v) is 12.5. The summed E-state index contributed by atoms with van der Waals surface area (Å²) in [6.07, 6.45) is 2.29.